The van der Waals surface area contributed by atoms with E-state index in [1.165, 1.54) is 0 Å². The smallest absolute Gasteiger partial charge is 0.137 e. The molecule has 0 saturated carbocycles. The van der Waals surface area contributed by atoms with Crippen LogP contribution in [0.25, 0.3) is 5.65 Å². The Morgan fingerprint density at radius 3 is 2.95 bits per heavy atom. The minimum absolute atomic E-state index is 0.503. The second kappa shape index (κ2) is 5.22. The standard InChI is InChI=1S/C13H14ClN5O/c1-2-12(20)11-8-19(17-16-11)7-10-6-18-5-9(14)3-4-13(18)15-10/h3-6,8,12,20H,2,7H2,1H3. The van der Waals surface area contributed by atoms with E-state index in [-0.39, 0.29) is 0 Å². The summed E-state index contributed by atoms with van der Waals surface area (Å²) in [5.74, 6) is 0. The highest BCUT2D eigenvalue weighted by atomic mass is 35.5. The van der Waals surface area contributed by atoms with Gasteiger partial charge in [-0.3, -0.25) is 0 Å². The summed E-state index contributed by atoms with van der Waals surface area (Å²) in [6.45, 7) is 2.40. The average molecular weight is 292 g/mol. The van der Waals surface area contributed by atoms with Gasteiger partial charge in [-0.25, -0.2) is 9.67 Å². The number of aromatic nitrogens is 5. The van der Waals surface area contributed by atoms with Crippen LogP contribution in [-0.2, 0) is 6.54 Å². The topological polar surface area (TPSA) is 68.2 Å². The Kier molecular flexibility index (Phi) is 3.42. The van der Waals surface area contributed by atoms with Crippen molar-refractivity contribution in [3.63, 3.8) is 0 Å². The maximum atomic E-state index is 9.70. The zero-order valence-electron chi connectivity index (χ0n) is 10.9. The van der Waals surface area contributed by atoms with E-state index < -0.39 is 6.10 Å². The first kappa shape index (κ1) is 13.1. The maximum Gasteiger partial charge on any atom is 0.137 e. The van der Waals surface area contributed by atoms with Crippen molar-refractivity contribution in [2.45, 2.75) is 26.0 Å². The molecule has 0 aliphatic carbocycles. The lowest BCUT2D eigenvalue weighted by Gasteiger charge is -2.00. The minimum Gasteiger partial charge on any atom is -0.387 e. The van der Waals surface area contributed by atoms with E-state index in [9.17, 15) is 5.11 Å². The van der Waals surface area contributed by atoms with Gasteiger partial charge < -0.3 is 9.51 Å². The predicted molar refractivity (Wildman–Crippen MR) is 74.6 cm³/mol. The quantitative estimate of drug-likeness (QED) is 0.799. The third-order valence-corrected chi connectivity index (χ3v) is 3.30. The van der Waals surface area contributed by atoms with Gasteiger partial charge in [0, 0.05) is 12.4 Å². The van der Waals surface area contributed by atoms with Crippen molar-refractivity contribution < 1.29 is 5.11 Å². The highest BCUT2D eigenvalue weighted by Crippen LogP contribution is 2.14. The highest BCUT2D eigenvalue weighted by Gasteiger charge is 2.10. The molecule has 3 aromatic rings. The Morgan fingerprint density at radius 2 is 2.15 bits per heavy atom. The molecule has 0 spiro atoms. The van der Waals surface area contributed by atoms with Crippen LogP contribution < -0.4 is 0 Å². The number of fused-ring (bicyclic) bond motifs is 1. The lowest BCUT2D eigenvalue weighted by Crippen LogP contribution is -2.00. The van der Waals surface area contributed by atoms with E-state index in [0.717, 1.165) is 11.3 Å². The predicted octanol–water partition coefficient (Wildman–Crippen LogP) is 2.07. The molecule has 104 valence electrons. The first-order valence-corrected chi connectivity index (χ1v) is 6.74. The van der Waals surface area contributed by atoms with Crippen molar-refractivity contribution in [1.29, 1.82) is 0 Å². The molecular formula is C13H14ClN5O. The van der Waals surface area contributed by atoms with Crippen molar-refractivity contribution in [3.8, 4) is 0 Å². The van der Waals surface area contributed by atoms with Crippen LogP contribution in [0.15, 0.2) is 30.7 Å². The molecule has 0 aromatic carbocycles. The van der Waals surface area contributed by atoms with Gasteiger partial charge in [0.2, 0.25) is 0 Å². The van der Waals surface area contributed by atoms with Gasteiger partial charge in [-0.1, -0.05) is 23.7 Å². The van der Waals surface area contributed by atoms with Gasteiger partial charge in [0.15, 0.2) is 0 Å². The van der Waals surface area contributed by atoms with Gasteiger partial charge >= 0.3 is 0 Å². The number of pyridine rings is 1. The van der Waals surface area contributed by atoms with E-state index in [2.05, 4.69) is 15.3 Å². The van der Waals surface area contributed by atoms with Gasteiger partial charge in [0.1, 0.15) is 11.3 Å². The summed E-state index contributed by atoms with van der Waals surface area (Å²) in [4.78, 5) is 4.48. The molecule has 0 saturated heterocycles. The van der Waals surface area contributed by atoms with Crippen LogP contribution in [0.5, 0.6) is 0 Å². The highest BCUT2D eigenvalue weighted by molar-refractivity contribution is 6.30. The summed E-state index contributed by atoms with van der Waals surface area (Å²) < 4.78 is 3.54. The molecule has 1 atom stereocenters. The Hall–Kier alpha value is -1.92. The van der Waals surface area contributed by atoms with E-state index in [1.807, 2.05) is 23.6 Å². The fourth-order valence-electron chi connectivity index (χ4n) is 2.01. The second-order valence-electron chi connectivity index (χ2n) is 4.61. The Bertz CT molecular complexity index is 735. The maximum absolute atomic E-state index is 9.70. The molecule has 3 rings (SSSR count). The molecular weight excluding hydrogens is 278 g/mol. The molecule has 7 heteroatoms. The molecule has 0 fully saturated rings. The Morgan fingerprint density at radius 1 is 1.30 bits per heavy atom. The summed E-state index contributed by atoms with van der Waals surface area (Å²) in [7, 11) is 0. The molecule has 0 bridgehead atoms. The van der Waals surface area contributed by atoms with Crippen LogP contribution in [0, 0.1) is 0 Å². The third kappa shape index (κ3) is 2.52. The number of hydrogen-bond donors (Lipinski definition) is 1. The van der Waals surface area contributed by atoms with Crippen molar-refractivity contribution in [2.75, 3.05) is 0 Å². The number of halogens is 1. The lowest BCUT2D eigenvalue weighted by atomic mass is 10.2. The normalized spacial score (nSPS) is 12.9. The fourth-order valence-corrected chi connectivity index (χ4v) is 2.18. The summed E-state index contributed by atoms with van der Waals surface area (Å²) in [6.07, 6.45) is 5.50. The summed E-state index contributed by atoms with van der Waals surface area (Å²) >= 11 is 5.94. The number of imidazole rings is 1. The number of rotatable bonds is 4. The lowest BCUT2D eigenvalue weighted by molar-refractivity contribution is 0.168. The van der Waals surface area contributed by atoms with Crippen molar-refractivity contribution in [3.05, 3.63) is 47.1 Å². The van der Waals surface area contributed by atoms with E-state index >= 15 is 0 Å². The van der Waals surface area contributed by atoms with E-state index in [4.69, 9.17) is 11.6 Å². The number of aliphatic hydroxyl groups excluding tert-OH is 1. The average Bonchev–Trinajstić information content (AvgIpc) is 3.04. The van der Waals surface area contributed by atoms with Crippen LogP contribution in [0.1, 0.15) is 30.8 Å². The largest absolute Gasteiger partial charge is 0.387 e. The van der Waals surface area contributed by atoms with Crippen molar-refractivity contribution in [1.82, 2.24) is 24.4 Å². The molecule has 0 amide bonds. The Labute approximate surface area is 120 Å². The van der Waals surface area contributed by atoms with Crippen molar-refractivity contribution >= 4 is 17.2 Å². The van der Waals surface area contributed by atoms with Gasteiger partial charge in [-0.05, 0) is 18.6 Å². The number of aliphatic hydroxyl groups is 1. The van der Waals surface area contributed by atoms with Crippen LogP contribution in [-0.4, -0.2) is 29.5 Å². The van der Waals surface area contributed by atoms with Gasteiger partial charge in [-0.2, -0.15) is 0 Å². The minimum atomic E-state index is -0.566. The first-order valence-electron chi connectivity index (χ1n) is 6.37. The number of nitrogens with zero attached hydrogens (tertiary/aromatic N) is 5. The summed E-state index contributed by atoms with van der Waals surface area (Å²) in [6, 6.07) is 3.66. The Balaban J connectivity index is 1.83. The second-order valence-corrected chi connectivity index (χ2v) is 5.05. The van der Waals surface area contributed by atoms with Crippen LogP contribution in [0.2, 0.25) is 5.02 Å². The van der Waals surface area contributed by atoms with E-state index in [1.54, 1.807) is 23.1 Å². The summed E-state index contributed by atoms with van der Waals surface area (Å²) in [5.41, 5.74) is 2.27. The molecule has 6 nitrogen and oxygen atoms in total. The number of hydrogen-bond acceptors (Lipinski definition) is 4. The first-order chi connectivity index (χ1) is 9.65. The fraction of sp³-hybridized carbons (Fsp3) is 0.308. The van der Waals surface area contributed by atoms with E-state index in [0.29, 0.717) is 23.7 Å². The van der Waals surface area contributed by atoms with Crippen molar-refractivity contribution in [2.24, 2.45) is 0 Å². The third-order valence-electron chi connectivity index (χ3n) is 3.07. The van der Waals surface area contributed by atoms with Gasteiger partial charge in [0.05, 0.1) is 29.6 Å². The molecule has 3 heterocycles. The van der Waals surface area contributed by atoms with Crippen LogP contribution in [0.3, 0.4) is 0 Å². The SMILES string of the molecule is CCC(O)c1cn(Cc2cn3cc(Cl)ccc3n2)nn1. The molecule has 1 N–H and O–H groups in total. The molecule has 0 aliphatic rings. The monoisotopic (exact) mass is 291 g/mol. The van der Waals surface area contributed by atoms with Crippen LogP contribution in [0.4, 0.5) is 0 Å². The molecule has 1 unspecified atom stereocenters. The molecule has 3 aromatic heterocycles. The molecule has 20 heavy (non-hydrogen) atoms. The zero-order chi connectivity index (χ0) is 14.1. The van der Waals surface area contributed by atoms with Gasteiger partial charge in [-0.15, -0.1) is 5.10 Å². The summed E-state index contributed by atoms with van der Waals surface area (Å²) in [5, 5.41) is 18.3. The molecule has 0 radical (unpaired) electrons. The zero-order valence-corrected chi connectivity index (χ0v) is 11.7. The van der Waals surface area contributed by atoms with Gasteiger partial charge in [0.25, 0.3) is 0 Å². The molecule has 0 aliphatic heterocycles. The van der Waals surface area contributed by atoms with Crippen LogP contribution >= 0.6 is 11.6 Å².